The number of nitrogens with zero attached hydrogens (tertiary/aromatic N) is 3. The summed E-state index contributed by atoms with van der Waals surface area (Å²) in [5.41, 5.74) is 3.26. The maximum absolute atomic E-state index is 12.0. The number of rotatable bonds is 5. The molecule has 1 fully saturated rings. The number of nitrogens with one attached hydrogen (secondary N) is 1. The molecule has 1 N–H and O–H groups in total. The zero-order valence-electron chi connectivity index (χ0n) is 15.1. The van der Waals surface area contributed by atoms with E-state index in [1.54, 1.807) is 0 Å². The van der Waals surface area contributed by atoms with E-state index in [1.807, 2.05) is 25.1 Å². The Kier molecular flexibility index (Phi) is 6.02. The fraction of sp³-hybridized carbons (Fsp3) is 0.611. The Bertz CT molecular complexity index is 534. The van der Waals surface area contributed by atoms with Gasteiger partial charge in [-0.1, -0.05) is 0 Å². The number of carbonyl (C=O) groups is 1. The predicted octanol–water partition coefficient (Wildman–Crippen LogP) is 2.03. The number of amides is 1. The summed E-state index contributed by atoms with van der Waals surface area (Å²) in [7, 11) is 3.80. The van der Waals surface area contributed by atoms with E-state index >= 15 is 0 Å². The molecule has 1 aliphatic rings. The van der Waals surface area contributed by atoms with E-state index in [4.69, 9.17) is 0 Å². The van der Waals surface area contributed by atoms with E-state index in [0.29, 0.717) is 12.6 Å². The Morgan fingerprint density at radius 2 is 1.83 bits per heavy atom. The molecule has 1 saturated heterocycles. The summed E-state index contributed by atoms with van der Waals surface area (Å²) in [5.74, 6) is 0.0242. The Morgan fingerprint density at radius 1 is 1.17 bits per heavy atom. The number of likely N-dealkylation sites (N-methyl/N-ethyl adjacent to an activating group) is 1. The summed E-state index contributed by atoms with van der Waals surface area (Å²) in [5, 5.41) is 3.00. The molecule has 1 aromatic rings. The van der Waals surface area contributed by atoms with Gasteiger partial charge in [0, 0.05) is 43.6 Å². The van der Waals surface area contributed by atoms with E-state index in [0.717, 1.165) is 31.9 Å². The van der Waals surface area contributed by atoms with Crippen molar-refractivity contribution in [1.82, 2.24) is 9.80 Å². The maximum Gasteiger partial charge on any atom is 0.238 e. The van der Waals surface area contributed by atoms with E-state index in [2.05, 4.69) is 48.0 Å². The van der Waals surface area contributed by atoms with Gasteiger partial charge in [-0.2, -0.15) is 0 Å². The molecule has 23 heavy (non-hydrogen) atoms. The van der Waals surface area contributed by atoms with Gasteiger partial charge in [0.05, 0.1) is 6.54 Å². The molecule has 1 heterocycles. The fourth-order valence-corrected chi connectivity index (χ4v) is 3.00. The predicted molar refractivity (Wildman–Crippen MR) is 97.3 cm³/mol. The topological polar surface area (TPSA) is 38.8 Å². The van der Waals surface area contributed by atoms with Crippen molar-refractivity contribution in [2.75, 3.05) is 57.0 Å². The molecule has 0 atom stereocenters. The third-order valence-electron chi connectivity index (χ3n) is 4.22. The van der Waals surface area contributed by atoms with Crippen LogP contribution in [0.3, 0.4) is 0 Å². The van der Waals surface area contributed by atoms with E-state index in [-0.39, 0.29) is 5.91 Å². The molecular weight excluding hydrogens is 288 g/mol. The van der Waals surface area contributed by atoms with Gasteiger partial charge in [-0.25, -0.2) is 0 Å². The largest absolute Gasteiger partial charge is 0.369 e. The zero-order chi connectivity index (χ0) is 17.0. The monoisotopic (exact) mass is 318 g/mol. The van der Waals surface area contributed by atoms with Crippen molar-refractivity contribution < 1.29 is 4.79 Å². The van der Waals surface area contributed by atoms with Crippen LogP contribution in [0.5, 0.6) is 0 Å². The third-order valence-corrected chi connectivity index (χ3v) is 4.22. The van der Waals surface area contributed by atoms with Crippen LogP contribution in [0.2, 0.25) is 0 Å². The number of carbonyl (C=O) groups excluding carboxylic acids is 1. The third kappa shape index (κ3) is 5.22. The Hall–Kier alpha value is -1.59. The summed E-state index contributed by atoms with van der Waals surface area (Å²) in [6, 6.07) is 6.93. The van der Waals surface area contributed by atoms with E-state index in [9.17, 15) is 4.79 Å². The van der Waals surface area contributed by atoms with Gasteiger partial charge >= 0.3 is 0 Å². The molecule has 1 aromatic carbocycles. The van der Waals surface area contributed by atoms with Crippen LogP contribution in [0.1, 0.15) is 19.4 Å². The minimum atomic E-state index is 0.0242. The van der Waals surface area contributed by atoms with Crippen molar-refractivity contribution in [3.63, 3.8) is 0 Å². The summed E-state index contributed by atoms with van der Waals surface area (Å²) < 4.78 is 0. The number of anilines is 2. The molecule has 0 saturated carbocycles. The molecule has 0 spiro atoms. The van der Waals surface area contributed by atoms with Crippen LogP contribution in [0, 0.1) is 6.92 Å². The van der Waals surface area contributed by atoms with E-state index < -0.39 is 0 Å². The van der Waals surface area contributed by atoms with Crippen molar-refractivity contribution in [1.29, 1.82) is 0 Å². The number of piperazine rings is 1. The molecular formula is C18H30N4O. The first-order valence-corrected chi connectivity index (χ1v) is 8.40. The normalized spacial score (nSPS) is 16.2. The standard InChI is InChI=1S/C18H30N4O/c1-14(2)21-6-8-22(9-7-21)17-11-15(3)10-16(12-17)19-18(23)13-20(4)5/h10-12,14H,6-9,13H2,1-5H3,(H,19,23). The SMILES string of the molecule is Cc1cc(NC(=O)CN(C)C)cc(N2CCN(C(C)C)CC2)c1. The Balaban J connectivity index is 2.04. The van der Waals surface area contributed by atoms with Crippen LogP contribution in [-0.4, -0.2) is 68.6 Å². The molecule has 5 heteroatoms. The second-order valence-corrected chi connectivity index (χ2v) is 6.96. The average Bonchev–Trinajstić information content (AvgIpc) is 2.45. The Morgan fingerprint density at radius 3 is 2.39 bits per heavy atom. The summed E-state index contributed by atoms with van der Waals surface area (Å²) in [4.78, 5) is 18.8. The molecule has 2 rings (SSSR count). The quantitative estimate of drug-likeness (QED) is 0.901. The van der Waals surface area contributed by atoms with Gasteiger partial charge in [0.1, 0.15) is 0 Å². The van der Waals surface area contributed by atoms with Crippen LogP contribution < -0.4 is 10.2 Å². The van der Waals surface area contributed by atoms with Gasteiger partial charge in [0.15, 0.2) is 0 Å². The number of hydrogen-bond acceptors (Lipinski definition) is 4. The first-order chi connectivity index (χ1) is 10.8. The van der Waals surface area contributed by atoms with Crippen LogP contribution in [0.15, 0.2) is 18.2 Å². The zero-order valence-corrected chi connectivity index (χ0v) is 15.1. The highest BCUT2D eigenvalue weighted by atomic mass is 16.2. The maximum atomic E-state index is 12.0. The van der Waals surface area contributed by atoms with Crippen molar-refractivity contribution in [3.05, 3.63) is 23.8 Å². The molecule has 0 radical (unpaired) electrons. The lowest BCUT2D eigenvalue weighted by molar-refractivity contribution is -0.116. The number of benzene rings is 1. The smallest absolute Gasteiger partial charge is 0.238 e. The van der Waals surface area contributed by atoms with Gasteiger partial charge in [-0.05, 0) is 58.6 Å². The minimum absolute atomic E-state index is 0.0242. The highest BCUT2D eigenvalue weighted by Gasteiger charge is 2.19. The highest BCUT2D eigenvalue weighted by Crippen LogP contribution is 2.24. The summed E-state index contributed by atoms with van der Waals surface area (Å²) in [6.45, 7) is 11.2. The molecule has 128 valence electrons. The Labute approximate surface area is 140 Å². The molecule has 5 nitrogen and oxygen atoms in total. The lowest BCUT2D eigenvalue weighted by Gasteiger charge is -2.38. The fourth-order valence-electron chi connectivity index (χ4n) is 3.00. The first-order valence-electron chi connectivity index (χ1n) is 8.40. The van der Waals surface area contributed by atoms with Crippen molar-refractivity contribution >= 4 is 17.3 Å². The first kappa shape index (κ1) is 17.8. The number of aryl methyl sites for hydroxylation is 1. The van der Waals surface area contributed by atoms with Crippen LogP contribution in [0.4, 0.5) is 11.4 Å². The molecule has 1 aliphatic heterocycles. The van der Waals surface area contributed by atoms with Gasteiger partial charge < -0.3 is 15.1 Å². The number of hydrogen-bond donors (Lipinski definition) is 1. The van der Waals surface area contributed by atoms with Gasteiger partial charge in [-0.15, -0.1) is 0 Å². The lowest BCUT2D eigenvalue weighted by Crippen LogP contribution is -2.48. The van der Waals surface area contributed by atoms with Crippen LogP contribution in [-0.2, 0) is 4.79 Å². The van der Waals surface area contributed by atoms with Crippen LogP contribution >= 0.6 is 0 Å². The van der Waals surface area contributed by atoms with Gasteiger partial charge in [0.2, 0.25) is 5.91 Å². The molecule has 0 bridgehead atoms. The molecule has 1 amide bonds. The van der Waals surface area contributed by atoms with E-state index in [1.165, 1.54) is 11.3 Å². The average molecular weight is 318 g/mol. The van der Waals surface area contributed by atoms with Gasteiger partial charge in [0.25, 0.3) is 0 Å². The second kappa shape index (κ2) is 7.79. The lowest BCUT2D eigenvalue weighted by atomic mass is 10.1. The van der Waals surface area contributed by atoms with Gasteiger partial charge in [-0.3, -0.25) is 9.69 Å². The highest BCUT2D eigenvalue weighted by molar-refractivity contribution is 5.92. The van der Waals surface area contributed by atoms with Crippen LogP contribution in [0.25, 0.3) is 0 Å². The summed E-state index contributed by atoms with van der Waals surface area (Å²) in [6.07, 6.45) is 0. The molecule has 0 aliphatic carbocycles. The summed E-state index contributed by atoms with van der Waals surface area (Å²) >= 11 is 0. The second-order valence-electron chi connectivity index (χ2n) is 6.96. The minimum Gasteiger partial charge on any atom is -0.369 e. The van der Waals surface area contributed by atoms with Crippen molar-refractivity contribution in [2.45, 2.75) is 26.8 Å². The van der Waals surface area contributed by atoms with Crippen molar-refractivity contribution in [2.24, 2.45) is 0 Å². The molecule has 0 unspecified atom stereocenters. The van der Waals surface area contributed by atoms with Crippen molar-refractivity contribution in [3.8, 4) is 0 Å². The molecule has 0 aromatic heterocycles.